The number of carbonyl (C=O) groups is 1. The Morgan fingerprint density at radius 2 is 2.04 bits per heavy atom. The molecule has 1 aliphatic heterocycles. The molecule has 3 rings (SSSR count). The fourth-order valence-corrected chi connectivity index (χ4v) is 3.55. The molecule has 1 fully saturated rings. The first-order valence-corrected chi connectivity index (χ1v) is 8.27. The van der Waals surface area contributed by atoms with Gasteiger partial charge in [0, 0.05) is 18.4 Å². The van der Waals surface area contributed by atoms with Crippen LogP contribution in [0.4, 0.5) is 0 Å². The topological polar surface area (TPSA) is 65.6 Å². The van der Waals surface area contributed by atoms with E-state index in [1.165, 1.54) is 0 Å². The first-order valence-electron chi connectivity index (χ1n) is 8.27. The van der Waals surface area contributed by atoms with E-state index in [2.05, 4.69) is 4.98 Å². The number of rotatable bonds is 4. The second-order valence-corrected chi connectivity index (χ2v) is 6.55. The Labute approximate surface area is 142 Å². The van der Waals surface area contributed by atoms with Crippen LogP contribution in [0.5, 0.6) is 5.75 Å². The Balaban J connectivity index is 1.88. The van der Waals surface area contributed by atoms with Crippen molar-refractivity contribution in [2.45, 2.75) is 38.3 Å². The largest absolute Gasteiger partial charge is 0.497 e. The van der Waals surface area contributed by atoms with Gasteiger partial charge in [-0.2, -0.15) is 0 Å². The van der Waals surface area contributed by atoms with Crippen LogP contribution in [0.3, 0.4) is 0 Å². The Morgan fingerprint density at radius 3 is 2.62 bits per heavy atom. The van der Waals surface area contributed by atoms with Crippen molar-refractivity contribution in [3.63, 3.8) is 0 Å². The second-order valence-electron chi connectivity index (χ2n) is 6.55. The standard InChI is InChI=1S/C19H24N2O3/c1-13-16(10-11-20-13)18(22)21-12-4-5-17(21)19(2,23)14-6-8-15(24-3)9-7-14/h6-11,17,20,23H,4-5,12H2,1-3H3/t17-,19-/m1/s1. The summed E-state index contributed by atoms with van der Waals surface area (Å²) in [6.45, 7) is 4.34. The highest BCUT2D eigenvalue weighted by Gasteiger charge is 2.43. The van der Waals surface area contributed by atoms with Crippen LogP contribution in [0.2, 0.25) is 0 Å². The van der Waals surface area contributed by atoms with Crippen LogP contribution >= 0.6 is 0 Å². The molecule has 0 bridgehead atoms. The molecule has 0 aliphatic carbocycles. The molecule has 1 aromatic heterocycles. The van der Waals surface area contributed by atoms with Crippen molar-refractivity contribution in [3.05, 3.63) is 53.3 Å². The van der Waals surface area contributed by atoms with Gasteiger partial charge < -0.3 is 19.7 Å². The molecule has 2 aromatic rings. The fourth-order valence-electron chi connectivity index (χ4n) is 3.55. The van der Waals surface area contributed by atoms with E-state index in [0.29, 0.717) is 12.1 Å². The summed E-state index contributed by atoms with van der Waals surface area (Å²) in [5.74, 6) is 0.724. The van der Waals surface area contributed by atoms with Crippen LogP contribution in [-0.4, -0.2) is 40.6 Å². The van der Waals surface area contributed by atoms with Crippen molar-refractivity contribution in [1.29, 1.82) is 0 Å². The van der Waals surface area contributed by atoms with Crippen molar-refractivity contribution < 1.29 is 14.6 Å². The highest BCUT2D eigenvalue weighted by molar-refractivity contribution is 5.95. The molecule has 24 heavy (non-hydrogen) atoms. The van der Waals surface area contributed by atoms with Gasteiger partial charge in [-0.1, -0.05) is 12.1 Å². The number of carbonyl (C=O) groups excluding carboxylic acids is 1. The van der Waals surface area contributed by atoms with E-state index in [1.54, 1.807) is 31.2 Å². The molecule has 1 amide bonds. The van der Waals surface area contributed by atoms with E-state index in [0.717, 1.165) is 29.8 Å². The quantitative estimate of drug-likeness (QED) is 0.907. The summed E-state index contributed by atoms with van der Waals surface area (Å²) in [6.07, 6.45) is 3.45. The smallest absolute Gasteiger partial charge is 0.256 e. The molecule has 128 valence electrons. The third-order valence-electron chi connectivity index (χ3n) is 5.02. The molecule has 2 heterocycles. The zero-order valence-electron chi connectivity index (χ0n) is 14.4. The maximum atomic E-state index is 12.9. The lowest BCUT2D eigenvalue weighted by atomic mass is 9.86. The van der Waals surface area contributed by atoms with Gasteiger partial charge in [-0.25, -0.2) is 0 Å². The number of aryl methyl sites for hydroxylation is 1. The highest BCUT2D eigenvalue weighted by atomic mass is 16.5. The van der Waals surface area contributed by atoms with Crippen molar-refractivity contribution in [1.82, 2.24) is 9.88 Å². The van der Waals surface area contributed by atoms with Gasteiger partial charge in [-0.15, -0.1) is 0 Å². The summed E-state index contributed by atoms with van der Waals surface area (Å²) in [5.41, 5.74) is 1.21. The SMILES string of the molecule is COc1ccc([C@@](C)(O)[C@H]2CCCN2C(=O)c2cc[nH]c2C)cc1. The van der Waals surface area contributed by atoms with Gasteiger partial charge in [0.1, 0.15) is 11.4 Å². The second kappa shape index (κ2) is 6.32. The number of ether oxygens (including phenoxy) is 1. The van der Waals surface area contributed by atoms with Crippen molar-refractivity contribution in [3.8, 4) is 5.75 Å². The minimum atomic E-state index is -1.11. The van der Waals surface area contributed by atoms with Crippen LogP contribution in [-0.2, 0) is 5.60 Å². The Morgan fingerprint density at radius 1 is 1.33 bits per heavy atom. The number of aliphatic hydroxyl groups is 1. The zero-order chi connectivity index (χ0) is 17.3. The maximum absolute atomic E-state index is 12.9. The lowest BCUT2D eigenvalue weighted by Crippen LogP contribution is -2.48. The number of nitrogens with zero attached hydrogens (tertiary/aromatic N) is 1. The Hall–Kier alpha value is -2.27. The molecule has 0 spiro atoms. The number of amides is 1. The van der Waals surface area contributed by atoms with Crippen LogP contribution in [0.15, 0.2) is 36.5 Å². The summed E-state index contributed by atoms with van der Waals surface area (Å²) in [4.78, 5) is 17.7. The number of methoxy groups -OCH3 is 1. The van der Waals surface area contributed by atoms with E-state index >= 15 is 0 Å². The number of H-pyrrole nitrogens is 1. The van der Waals surface area contributed by atoms with Crippen LogP contribution < -0.4 is 4.74 Å². The van der Waals surface area contributed by atoms with Gasteiger partial charge in [0.15, 0.2) is 0 Å². The normalized spacial score (nSPS) is 20.0. The van der Waals surface area contributed by atoms with E-state index < -0.39 is 5.60 Å². The Kier molecular flexibility index (Phi) is 4.37. The van der Waals surface area contributed by atoms with E-state index in [9.17, 15) is 9.90 Å². The lowest BCUT2D eigenvalue weighted by molar-refractivity contribution is -0.0177. The van der Waals surface area contributed by atoms with Gasteiger partial charge >= 0.3 is 0 Å². The van der Waals surface area contributed by atoms with E-state index in [1.807, 2.05) is 31.2 Å². The lowest BCUT2D eigenvalue weighted by Gasteiger charge is -2.37. The van der Waals surface area contributed by atoms with Crippen LogP contribution in [0, 0.1) is 6.92 Å². The number of nitrogens with one attached hydrogen (secondary N) is 1. The number of hydrogen-bond donors (Lipinski definition) is 2. The molecule has 0 radical (unpaired) electrons. The van der Waals surface area contributed by atoms with Gasteiger partial charge in [-0.05, 0) is 50.5 Å². The molecule has 2 atom stereocenters. The first-order chi connectivity index (χ1) is 11.4. The van der Waals surface area contributed by atoms with Crippen LogP contribution in [0.25, 0.3) is 0 Å². The number of likely N-dealkylation sites (tertiary alicyclic amines) is 1. The Bertz CT molecular complexity index is 718. The van der Waals surface area contributed by atoms with Gasteiger partial charge in [-0.3, -0.25) is 4.79 Å². The molecule has 1 aromatic carbocycles. The van der Waals surface area contributed by atoms with Crippen molar-refractivity contribution >= 4 is 5.91 Å². The summed E-state index contributed by atoms with van der Waals surface area (Å²) in [7, 11) is 1.61. The number of hydrogen-bond acceptors (Lipinski definition) is 3. The molecular formula is C19H24N2O3. The minimum absolute atomic E-state index is 0.0231. The summed E-state index contributed by atoms with van der Waals surface area (Å²) in [6, 6.07) is 8.95. The van der Waals surface area contributed by atoms with E-state index in [4.69, 9.17) is 4.74 Å². The minimum Gasteiger partial charge on any atom is -0.497 e. The fraction of sp³-hybridized carbons (Fsp3) is 0.421. The molecule has 0 saturated carbocycles. The van der Waals surface area contributed by atoms with Crippen LogP contribution in [0.1, 0.15) is 41.4 Å². The van der Waals surface area contributed by atoms with Gasteiger partial charge in [0.25, 0.3) is 5.91 Å². The predicted molar refractivity (Wildman–Crippen MR) is 92.2 cm³/mol. The predicted octanol–water partition coefficient (Wildman–Crippen LogP) is 2.84. The number of aromatic nitrogens is 1. The average Bonchev–Trinajstić information content (AvgIpc) is 3.23. The van der Waals surface area contributed by atoms with E-state index in [-0.39, 0.29) is 11.9 Å². The molecule has 0 unspecified atom stereocenters. The third kappa shape index (κ3) is 2.80. The molecule has 2 N–H and O–H groups in total. The van der Waals surface area contributed by atoms with Crippen molar-refractivity contribution in [2.24, 2.45) is 0 Å². The zero-order valence-corrected chi connectivity index (χ0v) is 14.4. The summed E-state index contributed by atoms with van der Waals surface area (Å²) in [5, 5.41) is 11.2. The summed E-state index contributed by atoms with van der Waals surface area (Å²) < 4.78 is 5.18. The molecule has 1 aliphatic rings. The first kappa shape index (κ1) is 16.6. The molecular weight excluding hydrogens is 304 g/mol. The van der Waals surface area contributed by atoms with Gasteiger partial charge in [0.2, 0.25) is 0 Å². The highest BCUT2D eigenvalue weighted by Crippen LogP contribution is 2.36. The molecule has 5 nitrogen and oxygen atoms in total. The summed E-state index contributed by atoms with van der Waals surface area (Å²) >= 11 is 0. The molecule has 1 saturated heterocycles. The maximum Gasteiger partial charge on any atom is 0.256 e. The van der Waals surface area contributed by atoms with Gasteiger partial charge in [0.05, 0.1) is 18.7 Å². The third-order valence-corrected chi connectivity index (χ3v) is 5.02. The number of aromatic amines is 1. The number of benzene rings is 1. The monoisotopic (exact) mass is 328 g/mol. The average molecular weight is 328 g/mol. The molecule has 5 heteroatoms. The van der Waals surface area contributed by atoms with Crippen molar-refractivity contribution in [2.75, 3.05) is 13.7 Å².